The Morgan fingerprint density at radius 3 is 2.62 bits per heavy atom. The first-order valence-electron chi connectivity index (χ1n) is 8.49. The lowest BCUT2D eigenvalue weighted by Gasteiger charge is -2.41. The maximum atomic E-state index is 13.6. The third-order valence-corrected chi connectivity index (χ3v) is 4.58. The smallest absolute Gasteiger partial charge is 0.344 e. The largest absolute Gasteiger partial charge is 0.484 e. The fourth-order valence-corrected chi connectivity index (χ4v) is 3.19. The van der Waals surface area contributed by atoms with E-state index >= 15 is 0 Å². The summed E-state index contributed by atoms with van der Waals surface area (Å²) in [7, 11) is 0. The Kier molecular flexibility index (Phi) is 4.46. The fourth-order valence-electron chi connectivity index (χ4n) is 3.19. The van der Waals surface area contributed by atoms with E-state index in [2.05, 4.69) is 0 Å². The molecule has 0 aliphatic carbocycles. The van der Waals surface area contributed by atoms with Crippen LogP contribution in [0.25, 0.3) is 0 Å². The van der Waals surface area contributed by atoms with Crippen LogP contribution in [0.5, 0.6) is 5.75 Å². The molecule has 0 bridgehead atoms. The van der Waals surface area contributed by atoms with Gasteiger partial charge in [-0.05, 0) is 17.7 Å². The maximum Gasteiger partial charge on any atom is 0.344 e. The van der Waals surface area contributed by atoms with Gasteiger partial charge in [-0.2, -0.15) is 5.06 Å². The first-order valence-corrected chi connectivity index (χ1v) is 8.49. The quantitative estimate of drug-likeness (QED) is 0.841. The highest BCUT2D eigenvalue weighted by Crippen LogP contribution is 2.32. The number of hydroxylamine groups is 2. The number of benzene rings is 2. The Bertz CT molecular complexity index is 797. The zero-order valence-corrected chi connectivity index (χ0v) is 14.0. The topological polar surface area (TPSA) is 42.0 Å². The molecule has 0 radical (unpaired) electrons. The Balaban J connectivity index is 1.35. The predicted octanol–water partition coefficient (Wildman–Crippen LogP) is 3.53. The van der Waals surface area contributed by atoms with Crippen molar-refractivity contribution < 1.29 is 23.1 Å². The summed E-state index contributed by atoms with van der Waals surface area (Å²) in [6, 6.07) is 12.6. The summed E-state index contributed by atoms with van der Waals surface area (Å²) in [5.74, 6) is -1.41. The van der Waals surface area contributed by atoms with Crippen molar-refractivity contribution in [2.45, 2.75) is 18.6 Å². The third kappa shape index (κ3) is 3.22. The summed E-state index contributed by atoms with van der Waals surface area (Å²) in [5.41, 5.74) is 1.03. The van der Waals surface area contributed by atoms with Crippen LogP contribution >= 0.6 is 0 Å². The van der Waals surface area contributed by atoms with Crippen molar-refractivity contribution in [3.8, 4) is 5.75 Å². The van der Waals surface area contributed by atoms with E-state index in [9.17, 15) is 13.6 Å². The number of carbonyl (C=O) groups is 1. The van der Waals surface area contributed by atoms with Crippen LogP contribution in [0, 0.1) is 11.6 Å². The normalized spacial score (nSPS) is 20.2. The second kappa shape index (κ2) is 6.92. The Labute approximate surface area is 149 Å². The molecule has 0 saturated carbocycles. The molecule has 0 spiro atoms. The number of hydrogen-bond acceptors (Lipinski definition) is 3. The van der Waals surface area contributed by atoms with Gasteiger partial charge >= 0.3 is 6.03 Å². The molecule has 26 heavy (non-hydrogen) atoms. The molecule has 1 atom stereocenters. The van der Waals surface area contributed by atoms with Gasteiger partial charge < -0.3 is 9.64 Å². The summed E-state index contributed by atoms with van der Waals surface area (Å²) in [5, 5.41) is 1.41. The zero-order valence-electron chi connectivity index (χ0n) is 14.0. The summed E-state index contributed by atoms with van der Waals surface area (Å²) in [4.78, 5) is 19.8. The first-order chi connectivity index (χ1) is 12.6. The number of likely N-dealkylation sites (tertiary alicyclic amines) is 1. The van der Waals surface area contributed by atoms with Gasteiger partial charge in [0.15, 0.2) is 11.6 Å². The van der Waals surface area contributed by atoms with Gasteiger partial charge in [0.1, 0.15) is 11.9 Å². The molecule has 2 aromatic rings. The van der Waals surface area contributed by atoms with Crippen LogP contribution in [-0.2, 0) is 4.84 Å². The second-order valence-electron chi connectivity index (χ2n) is 6.38. The van der Waals surface area contributed by atoms with E-state index in [1.54, 1.807) is 4.90 Å². The molecule has 2 saturated heterocycles. The number of carbonyl (C=O) groups excluding carboxylic acids is 1. The van der Waals surface area contributed by atoms with Crippen molar-refractivity contribution in [1.82, 2.24) is 9.96 Å². The molecule has 7 heteroatoms. The lowest BCUT2D eigenvalue weighted by molar-refractivity contribution is -0.109. The molecule has 5 nitrogen and oxygen atoms in total. The van der Waals surface area contributed by atoms with E-state index in [0.717, 1.165) is 24.1 Å². The zero-order chi connectivity index (χ0) is 18.1. The molecule has 0 N–H and O–H groups in total. The minimum Gasteiger partial charge on any atom is -0.484 e. The van der Waals surface area contributed by atoms with Crippen LogP contribution in [0.3, 0.4) is 0 Å². The van der Waals surface area contributed by atoms with E-state index in [4.69, 9.17) is 9.57 Å². The van der Waals surface area contributed by atoms with Crippen LogP contribution in [-0.4, -0.2) is 41.8 Å². The summed E-state index contributed by atoms with van der Waals surface area (Å²) in [6.07, 6.45) is 0.418. The molecule has 2 fully saturated rings. The highest BCUT2D eigenvalue weighted by Gasteiger charge is 2.40. The Hall–Kier alpha value is -2.67. The minimum absolute atomic E-state index is 0.0110. The van der Waals surface area contributed by atoms with Crippen LogP contribution in [0.1, 0.15) is 18.0 Å². The summed E-state index contributed by atoms with van der Waals surface area (Å²) in [6.45, 7) is 1.15. The predicted molar refractivity (Wildman–Crippen MR) is 89.3 cm³/mol. The van der Waals surface area contributed by atoms with E-state index in [1.165, 1.54) is 11.1 Å². The standard InChI is InChI=1S/C19H18F2N2O3/c20-14-6-7-18(16(21)10-14)26-15-11-22(12-15)19(24)23-17(8-9-25-23)13-4-2-1-3-5-13/h1-7,10,15,17H,8-9,11-12H2/t17-/m0/s1. The highest BCUT2D eigenvalue weighted by molar-refractivity contribution is 5.75. The number of ether oxygens (including phenoxy) is 1. The molecule has 2 amide bonds. The molecule has 2 aliphatic rings. The molecule has 0 aromatic heterocycles. The Morgan fingerprint density at radius 1 is 1.12 bits per heavy atom. The van der Waals surface area contributed by atoms with Gasteiger partial charge in [-0.15, -0.1) is 0 Å². The lowest BCUT2D eigenvalue weighted by atomic mass is 10.0. The molecule has 0 unspecified atom stereocenters. The van der Waals surface area contributed by atoms with Gasteiger partial charge in [-0.3, -0.25) is 4.84 Å². The lowest BCUT2D eigenvalue weighted by Crippen LogP contribution is -2.59. The van der Waals surface area contributed by atoms with Crippen LogP contribution in [0.15, 0.2) is 48.5 Å². The minimum atomic E-state index is -0.748. The van der Waals surface area contributed by atoms with E-state index < -0.39 is 11.6 Å². The van der Waals surface area contributed by atoms with Crippen molar-refractivity contribution in [3.63, 3.8) is 0 Å². The Morgan fingerprint density at radius 2 is 1.88 bits per heavy atom. The molecule has 136 valence electrons. The van der Waals surface area contributed by atoms with Gasteiger partial charge in [0.2, 0.25) is 0 Å². The first kappa shape index (κ1) is 16.8. The number of hydrogen-bond donors (Lipinski definition) is 0. The van der Waals surface area contributed by atoms with Crippen molar-refractivity contribution in [2.75, 3.05) is 19.7 Å². The van der Waals surface area contributed by atoms with E-state index in [1.807, 2.05) is 30.3 Å². The van der Waals surface area contributed by atoms with Crippen molar-refractivity contribution >= 4 is 6.03 Å². The molecule has 4 rings (SSSR count). The van der Waals surface area contributed by atoms with Gasteiger partial charge in [0.25, 0.3) is 0 Å². The molecule has 2 aliphatic heterocycles. The van der Waals surface area contributed by atoms with Crippen molar-refractivity contribution in [3.05, 3.63) is 65.7 Å². The molecular weight excluding hydrogens is 342 g/mol. The van der Waals surface area contributed by atoms with E-state index in [-0.39, 0.29) is 23.9 Å². The van der Waals surface area contributed by atoms with Gasteiger partial charge in [-0.1, -0.05) is 30.3 Å². The SMILES string of the molecule is O=C(N1CC(Oc2ccc(F)cc2F)C1)N1OCC[C@H]1c1ccccc1. The van der Waals surface area contributed by atoms with E-state index in [0.29, 0.717) is 19.7 Å². The average Bonchev–Trinajstić information content (AvgIpc) is 3.09. The molecular formula is C19H18F2N2O3. The molecule has 2 heterocycles. The van der Waals surface area contributed by atoms with Gasteiger partial charge in [0.05, 0.1) is 25.7 Å². The second-order valence-corrected chi connectivity index (χ2v) is 6.38. The summed E-state index contributed by atoms with van der Waals surface area (Å²) >= 11 is 0. The third-order valence-electron chi connectivity index (χ3n) is 4.58. The highest BCUT2D eigenvalue weighted by atomic mass is 19.1. The number of nitrogens with zero attached hydrogens (tertiary/aromatic N) is 2. The number of halogens is 2. The molecule has 2 aromatic carbocycles. The number of rotatable bonds is 3. The average molecular weight is 360 g/mol. The van der Waals surface area contributed by atoms with Crippen LogP contribution in [0.4, 0.5) is 13.6 Å². The summed E-state index contributed by atoms with van der Waals surface area (Å²) < 4.78 is 32.1. The number of urea groups is 1. The van der Waals surface area contributed by atoms with Crippen LogP contribution < -0.4 is 4.74 Å². The van der Waals surface area contributed by atoms with Crippen molar-refractivity contribution in [2.24, 2.45) is 0 Å². The fraction of sp³-hybridized carbons (Fsp3) is 0.316. The van der Waals surface area contributed by atoms with Crippen LogP contribution in [0.2, 0.25) is 0 Å². The van der Waals surface area contributed by atoms with Gasteiger partial charge in [-0.25, -0.2) is 13.6 Å². The number of amides is 2. The monoisotopic (exact) mass is 360 g/mol. The maximum absolute atomic E-state index is 13.6. The van der Waals surface area contributed by atoms with Gasteiger partial charge in [0, 0.05) is 12.5 Å². The van der Waals surface area contributed by atoms with Crippen molar-refractivity contribution in [1.29, 1.82) is 0 Å².